The van der Waals surface area contributed by atoms with Gasteiger partial charge in [0.1, 0.15) is 0 Å². The van der Waals surface area contributed by atoms with Crippen molar-refractivity contribution in [2.45, 2.75) is 50.4 Å². The molecule has 4 rings (SSSR count). The SMILES string of the molecule is CCCS(=O)(=O)N1CCC2(CC1)CC(CC(=O)N1CCN(C)CC1)c1ccccc12. The van der Waals surface area contributed by atoms with E-state index in [4.69, 9.17) is 0 Å². The van der Waals surface area contributed by atoms with Crippen molar-refractivity contribution in [1.29, 1.82) is 0 Å². The summed E-state index contributed by atoms with van der Waals surface area (Å²) in [5, 5.41) is 0. The zero-order valence-electron chi connectivity index (χ0n) is 18.3. The van der Waals surface area contributed by atoms with Crippen molar-refractivity contribution in [3.63, 3.8) is 0 Å². The molecule has 1 unspecified atom stereocenters. The Balaban J connectivity index is 1.47. The molecule has 166 valence electrons. The van der Waals surface area contributed by atoms with Crippen LogP contribution in [0.2, 0.25) is 0 Å². The Hall–Kier alpha value is -1.44. The van der Waals surface area contributed by atoms with E-state index in [9.17, 15) is 13.2 Å². The largest absolute Gasteiger partial charge is 0.340 e. The summed E-state index contributed by atoms with van der Waals surface area (Å²) in [6, 6.07) is 8.57. The third-order valence-electron chi connectivity index (χ3n) is 7.42. The van der Waals surface area contributed by atoms with Crippen LogP contribution in [0.3, 0.4) is 0 Å². The van der Waals surface area contributed by atoms with E-state index in [1.165, 1.54) is 11.1 Å². The highest BCUT2D eigenvalue weighted by Gasteiger charge is 2.47. The average Bonchev–Trinajstić information content (AvgIpc) is 3.02. The molecule has 1 aromatic rings. The Morgan fingerprint density at radius 1 is 1.07 bits per heavy atom. The number of nitrogens with zero attached hydrogens (tertiary/aromatic N) is 3. The second-order valence-electron chi connectivity index (χ2n) is 9.37. The molecule has 6 nitrogen and oxygen atoms in total. The van der Waals surface area contributed by atoms with E-state index in [2.05, 4.69) is 36.2 Å². The molecule has 1 spiro atoms. The number of piperazine rings is 1. The molecule has 0 saturated carbocycles. The molecule has 7 heteroatoms. The maximum Gasteiger partial charge on any atom is 0.223 e. The Kier molecular flexibility index (Phi) is 6.24. The van der Waals surface area contributed by atoms with Crippen LogP contribution >= 0.6 is 0 Å². The lowest BCUT2D eigenvalue weighted by Crippen LogP contribution is -2.47. The molecule has 1 aromatic carbocycles. The van der Waals surface area contributed by atoms with Gasteiger partial charge in [-0.25, -0.2) is 12.7 Å². The van der Waals surface area contributed by atoms with Crippen LogP contribution < -0.4 is 0 Å². The minimum absolute atomic E-state index is 0.0158. The number of benzene rings is 1. The third-order valence-corrected chi connectivity index (χ3v) is 9.50. The first-order valence-corrected chi connectivity index (χ1v) is 13.0. The number of hydrogen-bond acceptors (Lipinski definition) is 4. The Morgan fingerprint density at radius 2 is 1.73 bits per heavy atom. The van der Waals surface area contributed by atoms with Gasteiger partial charge < -0.3 is 9.80 Å². The van der Waals surface area contributed by atoms with Gasteiger partial charge in [0.2, 0.25) is 15.9 Å². The Labute approximate surface area is 181 Å². The van der Waals surface area contributed by atoms with Crippen molar-refractivity contribution >= 4 is 15.9 Å². The van der Waals surface area contributed by atoms with Gasteiger partial charge in [-0.05, 0) is 55.2 Å². The number of carbonyl (C=O) groups is 1. The van der Waals surface area contributed by atoms with Gasteiger partial charge in [0, 0.05) is 45.7 Å². The zero-order chi connectivity index (χ0) is 21.4. The minimum Gasteiger partial charge on any atom is -0.340 e. The lowest BCUT2D eigenvalue weighted by molar-refractivity contribution is -0.133. The maximum absolute atomic E-state index is 13.0. The normalized spacial score (nSPS) is 24.9. The molecule has 0 aromatic heterocycles. The van der Waals surface area contributed by atoms with Gasteiger partial charge in [0.15, 0.2) is 0 Å². The summed E-state index contributed by atoms with van der Waals surface area (Å²) < 4.78 is 26.7. The van der Waals surface area contributed by atoms with E-state index in [0.717, 1.165) is 45.4 Å². The van der Waals surface area contributed by atoms with Gasteiger partial charge in [0.25, 0.3) is 0 Å². The predicted octanol–water partition coefficient (Wildman–Crippen LogP) is 2.41. The molecule has 30 heavy (non-hydrogen) atoms. The van der Waals surface area contributed by atoms with Crippen LogP contribution in [0.15, 0.2) is 24.3 Å². The monoisotopic (exact) mass is 433 g/mol. The standard InChI is InChI=1S/C23H35N3O3S/c1-3-16-30(28,29)26-10-8-23(9-11-26)18-19(20-6-4-5-7-21(20)23)17-22(27)25-14-12-24(2)13-15-25/h4-7,19H,3,8-18H2,1-2H3. The summed E-state index contributed by atoms with van der Waals surface area (Å²) in [6.45, 7) is 6.62. The van der Waals surface area contributed by atoms with Crippen molar-refractivity contribution in [1.82, 2.24) is 14.1 Å². The van der Waals surface area contributed by atoms with Gasteiger partial charge >= 0.3 is 0 Å². The van der Waals surface area contributed by atoms with E-state index >= 15 is 0 Å². The van der Waals surface area contributed by atoms with E-state index in [1.807, 2.05) is 11.8 Å². The fourth-order valence-corrected chi connectivity index (χ4v) is 7.17. The van der Waals surface area contributed by atoms with E-state index in [-0.39, 0.29) is 23.0 Å². The number of sulfonamides is 1. The third kappa shape index (κ3) is 4.16. The minimum atomic E-state index is -3.14. The Morgan fingerprint density at radius 3 is 2.40 bits per heavy atom. The summed E-state index contributed by atoms with van der Waals surface area (Å²) in [5.41, 5.74) is 2.68. The van der Waals surface area contributed by atoms with Crippen LogP contribution in [0.4, 0.5) is 0 Å². The van der Waals surface area contributed by atoms with E-state index in [0.29, 0.717) is 25.9 Å². The van der Waals surface area contributed by atoms with Crippen molar-refractivity contribution in [3.8, 4) is 0 Å². The number of piperidine rings is 1. The summed E-state index contributed by atoms with van der Waals surface area (Å²) in [4.78, 5) is 17.3. The van der Waals surface area contributed by atoms with Crippen molar-refractivity contribution in [3.05, 3.63) is 35.4 Å². The highest BCUT2D eigenvalue weighted by Crippen LogP contribution is 2.53. The fraction of sp³-hybridized carbons (Fsp3) is 0.696. The number of likely N-dealkylation sites (N-methyl/N-ethyl adjacent to an activating group) is 1. The molecule has 1 aliphatic carbocycles. The van der Waals surface area contributed by atoms with Crippen LogP contribution in [0.1, 0.15) is 56.1 Å². The van der Waals surface area contributed by atoms with Crippen LogP contribution in [-0.2, 0) is 20.2 Å². The maximum atomic E-state index is 13.0. The smallest absolute Gasteiger partial charge is 0.223 e. The van der Waals surface area contributed by atoms with Gasteiger partial charge in [-0.15, -0.1) is 0 Å². The first-order chi connectivity index (χ1) is 14.3. The molecule has 2 saturated heterocycles. The lowest BCUT2D eigenvalue weighted by Gasteiger charge is -2.40. The number of fused-ring (bicyclic) bond motifs is 2. The van der Waals surface area contributed by atoms with Crippen molar-refractivity contribution in [2.24, 2.45) is 0 Å². The molecular weight excluding hydrogens is 398 g/mol. The predicted molar refractivity (Wildman–Crippen MR) is 119 cm³/mol. The van der Waals surface area contributed by atoms with Crippen LogP contribution in [0, 0.1) is 0 Å². The highest BCUT2D eigenvalue weighted by atomic mass is 32.2. The van der Waals surface area contributed by atoms with E-state index < -0.39 is 10.0 Å². The van der Waals surface area contributed by atoms with Gasteiger partial charge in [0.05, 0.1) is 5.75 Å². The topological polar surface area (TPSA) is 60.9 Å². The molecule has 2 fully saturated rings. The van der Waals surface area contributed by atoms with Crippen LogP contribution in [0.5, 0.6) is 0 Å². The number of carbonyl (C=O) groups excluding carboxylic acids is 1. The van der Waals surface area contributed by atoms with Gasteiger partial charge in [-0.2, -0.15) is 0 Å². The van der Waals surface area contributed by atoms with Crippen molar-refractivity contribution < 1.29 is 13.2 Å². The average molecular weight is 434 g/mol. The summed E-state index contributed by atoms with van der Waals surface area (Å²) in [5.74, 6) is 0.744. The van der Waals surface area contributed by atoms with Gasteiger partial charge in [-0.1, -0.05) is 31.2 Å². The molecular formula is C23H35N3O3S. The first kappa shape index (κ1) is 21.8. The quantitative estimate of drug-likeness (QED) is 0.716. The second-order valence-corrected chi connectivity index (χ2v) is 11.5. The highest BCUT2D eigenvalue weighted by molar-refractivity contribution is 7.89. The molecule has 3 aliphatic rings. The number of amides is 1. The number of rotatable bonds is 5. The molecule has 1 amide bonds. The summed E-state index contributed by atoms with van der Waals surface area (Å²) in [6.07, 6.45) is 3.90. The number of hydrogen-bond donors (Lipinski definition) is 0. The molecule has 1 atom stereocenters. The zero-order valence-corrected chi connectivity index (χ0v) is 19.2. The first-order valence-electron chi connectivity index (χ1n) is 11.4. The van der Waals surface area contributed by atoms with Gasteiger partial charge in [-0.3, -0.25) is 4.79 Å². The van der Waals surface area contributed by atoms with Crippen molar-refractivity contribution in [2.75, 3.05) is 52.1 Å². The summed E-state index contributed by atoms with van der Waals surface area (Å²) >= 11 is 0. The van der Waals surface area contributed by atoms with Crippen LogP contribution in [0.25, 0.3) is 0 Å². The second kappa shape index (κ2) is 8.60. The van der Waals surface area contributed by atoms with E-state index in [1.54, 1.807) is 4.31 Å². The Bertz CT molecular complexity index is 869. The van der Waals surface area contributed by atoms with Crippen LogP contribution in [-0.4, -0.2) is 80.5 Å². The lowest BCUT2D eigenvalue weighted by atomic mass is 9.73. The fourth-order valence-electron chi connectivity index (χ4n) is 5.66. The molecule has 0 radical (unpaired) electrons. The molecule has 2 heterocycles. The molecule has 2 aliphatic heterocycles. The molecule has 0 bridgehead atoms. The summed E-state index contributed by atoms with van der Waals surface area (Å²) in [7, 11) is -1.04. The molecule has 0 N–H and O–H groups in total.